The molecule has 0 saturated carbocycles. The fourth-order valence-electron chi connectivity index (χ4n) is 3.75. The molecule has 156 valence electrons. The van der Waals surface area contributed by atoms with E-state index < -0.39 is 0 Å². The highest BCUT2D eigenvalue weighted by atomic mass is 16.5. The number of benzene rings is 3. The molecule has 7 heteroatoms. The maximum Gasteiger partial charge on any atom is 0.255 e. The average Bonchev–Trinajstić information content (AvgIpc) is 3.23. The SMILES string of the molecule is O=C(Nc1ccc(N2CCOCC2)cc1)c1ccc(Cn2nnc3ccccc32)cc1. The van der Waals surface area contributed by atoms with Gasteiger partial charge in [0, 0.05) is 30.0 Å². The molecule has 2 heterocycles. The molecular weight excluding hydrogens is 390 g/mol. The van der Waals surface area contributed by atoms with E-state index >= 15 is 0 Å². The topological polar surface area (TPSA) is 72.3 Å². The molecule has 0 radical (unpaired) electrons. The summed E-state index contributed by atoms with van der Waals surface area (Å²) in [6, 6.07) is 23.4. The second-order valence-corrected chi connectivity index (χ2v) is 7.53. The molecule has 31 heavy (non-hydrogen) atoms. The summed E-state index contributed by atoms with van der Waals surface area (Å²) < 4.78 is 7.26. The van der Waals surface area contributed by atoms with Crippen molar-refractivity contribution >= 4 is 28.3 Å². The van der Waals surface area contributed by atoms with Gasteiger partial charge >= 0.3 is 0 Å². The molecule has 0 aliphatic carbocycles. The third-order valence-corrected chi connectivity index (χ3v) is 5.47. The van der Waals surface area contributed by atoms with Gasteiger partial charge in [0.15, 0.2) is 0 Å². The van der Waals surface area contributed by atoms with Gasteiger partial charge in [-0.3, -0.25) is 4.79 Å². The molecule has 1 amide bonds. The summed E-state index contributed by atoms with van der Waals surface area (Å²) in [5.74, 6) is -0.128. The van der Waals surface area contributed by atoms with Gasteiger partial charge in [0.2, 0.25) is 0 Å². The van der Waals surface area contributed by atoms with E-state index in [2.05, 4.69) is 20.5 Å². The first-order valence-corrected chi connectivity index (χ1v) is 10.4. The van der Waals surface area contributed by atoms with Crippen molar-refractivity contribution in [3.05, 3.63) is 83.9 Å². The van der Waals surface area contributed by atoms with E-state index in [1.165, 1.54) is 0 Å². The Labute approximate surface area is 180 Å². The Balaban J connectivity index is 1.23. The van der Waals surface area contributed by atoms with Crippen LogP contribution in [0.1, 0.15) is 15.9 Å². The maximum atomic E-state index is 12.6. The first-order valence-electron chi connectivity index (χ1n) is 10.4. The molecule has 4 aromatic rings. The van der Waals surface area contributed by atoms with Crippen LogP contribution in [0.25, 0.3) is 11.0 Å². The minimum absolute atomic E-state index is 0.128. The van der Waals surface area contributed by atoms with Gasteiger partial charge in [-0.25, -0.2) is 4.68 Å². The van der Waals surface area contributed by atoms with E-state index in [-0.39, 0.29) is 5.91 Å². The van der Waals surface area contributed by atoms with Gasteiger partial charge in [0.1, 0.15) is 5.52 Å². The summed E-state index contributed by atoms with van der Waals surface area (Å²) >= 11 is 0. The number of nitrogens with zero attached hydrogens (tertiary/aromatic N) is 4. The number of rotatable bonds is 5. The largest absolute Gasteiger partial charge is 0.378 e. The lowest BCUT2D eigenvalue weighted by Gasteiger charge is -2.28. The molecule has 7 nitrogen and oxygen atoms in total. The van der Waals surface area contributed by atoms with E-state index in [0.29, 0.717) is 12.1 Å². The zero-order valence-electron chi connectivity index (χ0n) is 17.1. The molecule has 1 fully saturated rings. The second kappa shape index (κ2) is 8.57. The Kier molecular flexibility index (Phi) is 5.33. The normalized spacial score (nSPS) is 14.0. The summed E-state index contributed by atoms with van der Waals surface area (Å²) in [5, 5.41) is 11.4. The third-order valence-electron chi connectivity index (χ3n) is 5.47. The van der Waals surface area contributed by atoms with Crippen molar-refractivity contribution < 1.29 is 9.53 Å². The van der Waals surface area contributed by atoms with Crippen molar-refractivity contribution in [3.63, 3.8) is 0 Å². The number of morpholine rings is 1. The highest BCUT2D eigenvalue weighted by Gasteiger charge is 2.12. The van der Waals surface area contributed by atoms with Crippen molar-refractivity contribution in [2.45, 2.75) is 6.54 Å². The minimum Gasteiger partial charge on any atom is -0.378 e. The number of hydrogen-bond donors (Lipinski definition) is 1. The van der Waals surface area contributed by atoms with E-state index in [9.17, 15) is 4.79 Å². The molecular formula is C24H23N5O2. The van der Waals surface area contributed by atoms with Crippen LogP contribution in [-0.2, 0) is 11.3 Å². The number of aromatic nitrogens is 3. The van der Waals surface area contributed by atoms with Crippen molar-refractivity contribution in [2.75, 3.05) is 36.5 Å². The van der Waals surface area contributed by atoms with Gasteiger partial charge in [0.25, 0.3) is 5.91 Å². The van der Waals surface area contributed by atoms with Crippen molar-refractivity contribution in [1.29, 1.82) is 0 Å². The van der Waals surface area contributed by atoms with E-state index in [4.69, 9.17) is 4.74 Å². The predicted molar refractivity (Wildman–Crippen MR) is 120 cm³/mol. The summed E-state index contributed by atoms with van der Waals surface area (Å²) in [4.78, 5) is 14.9. The second-order valence-electron chi connectivity index (χ2n) is 7.53. The Hall–Kier alpha value is -3.71. The highest BCUT2D eigenvalue weighted by Crippen LogP contribution is 2.20. The number of carbonyl (C=O) groups excluding carboxylic acids is 1. The van der Waals surface area contributed by atoms with Crippen LogP contribution in [0.5, 0.6) is 0 Å². The molecule has 1 N–H and O–H groups in total. The minimum atomic E-state index is -0.128. The number of para-hydroxylation sites is 1. The van der Waals surface area contributed by atoms with Gasteiger partial charge in [-0.2, -0.15) is 0 Å². The van der Waals surface area contributed by atoms with E-state index in [0.717, 1.165) is 54.3 Å². The maximum absolute atomic E-state index is 12.6. The lowest BCUT2D eigenvalue weighted by molar-refractivity contribution is 0.102. The van der Waals surface area contributed by atoms with Crippen LogP contribution >= 0.6 is 0 Å². The number of ether oxygens (including phenoxy) is 1. The van der Waals surface area contributed by atoms with Crippen LogP contribution in [0, 0.1) is 0 Å². The zero-order chi connectivity index (χ0) is 21.0. The van der Waals surface area contributed by atoms with Crippen LogP contribution in [-0.4, -0.2) is 47.2 Å². The lowest BCUT2D eigenvalue weighted by Crippen LogP contribution is -2.36. The quantitative estimate of drug-likeness (QED) is 0.542. The first kappa shape index (κ1) is 19.3. The number of fused-ring (bicyclic) bond motifs is 1. The molecule has 1 aliphatic heterocycles. The van der Waals surface area contributed by atoms with Crippen molar-refractivity contribution in [1.82, 2.24) is 15.0 Å². The van der Waals surface area contributed by atoms with Crippen molar-refractivity contribution in [2.24, 2.45) is 0 Å². The first-order chi connectivity index (χ1) is 15.3. The Morgan fingerprint density at radius 3 is 2.45 bits per heavy atom. The molecule has 1 saturated heterocycles. The smallest absolute Gasteiger partial charge is 0.255 e. The van der Waals surface area contributed by atoms with Crippen LogP contribution in [0.2, 0.25) is 0 Å². The summed E-state index contributed by atoms with van der Waals surface area (Å²) in [7, 11) is 0. The van der Waals surface area contributed by atoms with Crippen LogP contribution < -0.4 is 10.2 Å². The summed E-state index contributed by atoms with van der Waals surface area (Å²) in [6.07, 6.45) is 0. The molecule has 5 rings (SSSR count). The summed E-state index contributed by atoms with van der Waals surface area (Å²) in [5.41, 5.74) is 5.46. The van der Waals surface area contributed by atoms with Gasteiger partial charge in [0.05, 0.1) is 25.3 Å². The fraction of sp³-hybridized carbons (Fsp3) is 0.208. The van der Waals surface area contributed by atoms with Crippen LogP contribution in [0.15, 0.2) is 72.8 Å². The molecule has 0 bridgehead atoms. The van der Waals surface area contributed by atoms with E-state index in [1.54, 1.807) is 0 Å². The Morgan fingerprint density at radius 2 is 1.68 bits per heavy atom. The Morgan fingerprint density at radius 1 is 0.935 bits per heavy atom. The van der Waals surface area contributed by atoms with Gasteiger partial charge < -0.3 is 15.0 Å². The molecule has 0 unspecified atom stereocenters. The van der Waals surface area contributed by atoms with E-state index in [1.807, 2.05) is 77.5 Å². The average molecular weight is 413 g/mol. The number of amides is 1. The standard InChI is InChI=1S/C24H23N5O2/c30-24(25-20-9-11-21(12-10-20)28-13-15-31-16-14-28)19-7-5-18(6-8-19)17-29-23-4-2-1-3-22(23)26-27-29/h1-12H,13-17H2,(H,25,30). The number of anilines is 2. The van der Waals surface area contributed by atoms with Gasteiger partial charge in [-0.1, -0.05) is 29.5 Å². The van der Waals surface area contributed by atoms with Crippen LogP contribution in [0.3, 0.4) is 0 Å². The zero-order valence-corrected chi connectivity index (χ0v) is 17.1. The molecule has 3 aromatic carbocycles. The van der Waals surface area contributed by atoms with Crippen molar-refractivity contribution in [3.8, 4) is 0 Å². The molecule has 0 spiro atoms. The summed E-state index contributed by atoms with van der Waals surface area (Å²) in [6.45, 7) is 3.89. The molecule has 0 atom stereocenters. The lowest BCUT2D eigenvalue weighted by atomic mass is 10.1. The highest BCUT2D eigenvalue weighted by molar-refractivity contribution is 6.04. The molecule has 1 aromatic heterocycles. The number of hydrogen-bond acceptors (Lipinski definition) is 5. The predicted octanol–water partition coefficient (Wildman–Crippen LogP) is 3.57. The molecule has 1 aliphatic rings. The Bertz CT molecular complexity index is 1180. The van der Waals surface area contributed by atoms with Crippen LogP contribution in [0.4, 0.5) is 11.4 Å². The van der Waals surface area contributed by atoms with Gasteiger partial charge in [-0.05, 0) is 54.1 Å². The van der Waals surface area contributed by atoms with Gasteiger partial charge in [-0.15, -0.1) is 5.10 Å². The number of nitrogens with one attached hydrogen (secondary N) is 1. The third kappa shape index (κ3) is 4.27. The fourth-order valence-corrected chi connectivity index (χ4v) is 3.75. The monoisotopic (exact) mass is 413 g/mol. The number of carbonyl (C=O) groups is 1.